The average molecular weight is 427 g/mol. The monoisotopic (exact) mass is 427 g/mol. The fourth-order valence-electron chi connectivity index (χ4n) is 3.05. The third kappa shape index (κ3) is 4.04. The van der Waals surface area contributed by atoms with Gasteiger partial charge in [-0.1, -0.05) is 35.5 Å². The zero-order valence-corrected chi connectivity index (χ0v) is 16.2. The number of ether oxygens (including phenoxy) is 1. The van der Waals surface area contributed by atoms with E-state index in [1.807, 2.05) is 30.3 Å². The standard InChI is InChI=1S/C21H16F3N5O2/c1-2-31-20(30)17-12-25-29(19(17)21(22,23)24)16-10-8-14(9-11-16)18-13-28(27-26-18)15-6-4-3-5-7-15/h3-13H,2H2,1H3. The summed E-state index contributed by atoms with van der Waals surface area (Å²) in [5.74, 6) is -1.07. The van der Waals surface area contributed by atoms with E-state index < -0.39 is 23.4 Å². The van der Waals surface area contributed by atoms with Gasteiger partial charge in [0, 0.05) is 5.56 Å². The molecule has 2 heterocycles. The van der Waals surface area contributed by atoms with Crippen molar-refractivity contribution in [2.75, 3.05) is 6.61 Å². The lowest BCUT2D eigenvalue weighted by molar-refractivity contribution is -0.143. The van der Waals surface area contributed by atoms with Gasteiger partial charge in [0.15, 0.2) is 5.69 Å². The first kappa shape index (κ1) is 20.3. The summed E-state index contributed by atoms with van der Waals surface area (Å²) in [6.07, 6.45) is -2.21. The van der Waals surface area contributed by atoms with Crippen molar-refractivity contribution in [3.63, 3.8) is 0 Å². The zero-order valence-electron chi connectivity index (χ0n) is 16.2. The number of esters is 1. The quantitative estimate of drug-likeness (QED) is 0.444. The maximum Gasteiger partial charge on any atom is 0.434 e. The maximum absolute atomic E-state index is 13.6. The minimum Gasteiger partial charge on any atom is -0.462 e. The second-order valence-corrected chi connectivity index (χ2v) is 6.47. The van der Waals surface area contributed by atoms with Crippen LogP contribution in [0.25, 0.3) is 22.6 Å². The number of nitrogens with zero attached hydrogens (tertiary/aromatic N) is 5. The fraction of sp³-hybridized carbons (Fsp3) is 0.143. The molecule has 0 saturated heterocycles. The van der Waals surface area contributed by atoms with Crippen LogP contribution in [-0.2, 0) is 10.9 Å². The molecule has 0 bridgehead atoms. The van der Waals surface area contributed by atoms with E-state index in [4.69, 9.17) is 4.74 Å². The molecule has 0 atom stereocenters. The minimum absolute atomic E-state index is 0.0420. The van der Waals surface area contributed by atoms with Crippen molar-refractivity contribution in [2.45, 2.75) is 13.1 Å². The van der Waals surface area contributed by atoms with Gasteiger partial charge in [0.2, 0.25) is 0 Å². The average Bonchev–Trinajstić information content (AvgIpc) is 3.42. The van der Waals surface area contributed by atoms with Crippen molar-refractivity contribution in [3.8, 4) is 22.6 Å². The molecule has 2 aromatic carbocycles. The second-order valence-electron chi connectivity index (χ2n) is 6.47. The number of alkyl halides is 3. The highest BCUT2D eigenvalue weighted by Gasteiger charge is 2.41. The molecule has 0 amide bonds. The van der Waals surface area contributed by atoms with Crippen LogP contribution in [-0.4, -0.2) is 37.4 Å². The summed E-state index contributed by atoms with van der Waals surface area (Å²) in [5.41, 5.74) is 0.368. The van der Waals surface area contributed by atoms with Gasteiger partial charge in [0.25, 0.3) is 0 Å². The Hall–Kier alpha value is -3.95. The molecule has 0 spiro atoms. The summed E-state index contributed by atoms with van der Waals surface area (Å²) in [6.45, 7) is 1.47. The van der Waals surface area contributed by atoms with Crippen LogP contribution in [0.5, 0.6) is 0 Å². The van der Waals surface area contributed by atoms with Crippen LogP contribution >= 0.6 is 0 Å². The van der Waals surface area contributed by atoms with Crippen LogP contribution in [0.15, 0.2) is 67.0 Å². The third-order valence-corrected chi connectivity index (χ3v) is 4.45. The Kier molecular flexibility index (Phi) is 5.28. The van der Waals surface area contributed by atoms with E-state index in [1.165, 1.54) is 19.1 Å². The number of hydrogen-bond donors (Lipinski definition) is 0. The lowest BCUT2D eigenvalue weighted by Gasteiger charge is -2.12. The molecule has 0 unspecified atom stereocenters. The SMILES string of the molecule is CCOC(=O)c1cnn(-c2ccc(-c3cn(-c4ccccc4)nn3)cc2)c1C(F)(F)F. The van der Waals surface area contributed by atoms with Crippen molar-refractivity contribution < 1.29 is 22.7 Å². The topological polar surface area (TPSA) is 74.8 Å². The number of para-hydroxylation sites is 1. The summed E-state index contributed by atoms with van der Waals surface area (Å²) >= 11 is 0. The molecule has 0 saturated carbocycles. The number of hydrogen-bond acceptors (Lipinski definition) is 5. The summed E-state index contributed by atoms with van der Waals surface area (Å²) in [4.78, 5) is 11.9. The number of carbonyl (C=O) groups excluding carboxylic acids is 1. The summed E-state index contributed by atoms with van der Waals surface area (Å²) in [5, 5.41) is 12.0. The van der Waals surface area contributed by atoms with Crippen LogP contribution in [0.2, 0.25) is 0 Å². The number of aromatic nitrogens is 5. The maximum atomic E-state index is 13.6. The molecule has 0 radical (unpaired) electrons. The second kappa shape index (κ2) is 8.05. The summed E-state index contributed by atoms with van der Waals surface area (Å²) < 4.78 is 47.9. The largest absolute Gasteiger partial charge is 0.462 e. The van der Waals surface area contributed by atoms with Gasteiger partial charge in [-0.05, 0) is 31.2 Å². The molecule has 4 aromatic rings. The lowest BCUT2D eigenvalue weighted by Crippen LogP contribution is -2.18. The summed E-state index contributed by atoms with van der Waals surface area (Å²) in [6, 6.07) is 15.5. The molecule has 31 heavy (non-hydrogen) atoms. The van der Waals surface area contributed by atoms with E-state index in [0.717, 1.165) is 11.9 Å². The van der Waals surface area contributed by atoms with Gasteiger partial charge in [-0.2, -0.15) is 18.3 Å². The molecule has 10 heteroatoms. The van der Waals surface area contributed by atoms with E-state index >= 15 is 0 Å². The molecule has 0 aliphatic rings. The number of carbonyl (C=O) groups is 1. The predicted octanol–water partition coefficient (Wildman–Crippen LogP) is 4.32. The summed E-state index contributed by atoms with van der Waals surface area (Å²) in [7, 11) is 0. The van der Waals surface area contributed by atoms with Crippen LogP contribution in [0.4, 0.5) is 13.2 Å². The highest BCUT2D eigenvalue weighted by Crippen LogP contribution is 2.34. The van der Waals surface area contributed by atoms with Crippen LogP contribution in [0, 0.1) is 0 Å². The molecule has 158 valence electrons. The van der Waals surface area contributed by atoms with Gasteiger partial charge in [0.1, 0.15) is 11.3 Å². The van der Waals surface area contributed by atoms with Crippen molar-refractivity contribution in [2.24, 2.45) is 0 Å². The van der Waals surface area contributed by atoms with Crippen molar-refractivity contribution in [3.05, 3.63) is 78.2 Å². The van der Waals surface area contributed by atoms with Gasteiger partial charge in [-0.25, -0.2) is 14.2 Å². The van der Waals surface area contributed by atoms with E-state index in [0.29, 0.717) is 15.9 Å². The van der Waals surface area contributed by atoms with Crippen molar-refractivity contribution >= 4 is 5.97 Å². The Morgan fingerprint density at radius 2 is 1.74 bits per heavy atom. The fourth-order valence-corrected chi connectivity index (χ4v) is 3.05. The molecule has 7 nitrogen and oxygen atoms in total. The van der Waals surface area contributed by atoms with Gasteiger partial charge in [-0.15, -0.1) is 5.10 Å². The van der Waals surface area contributed by atoms with Crippen LogP contribution in [0.1, 0.15) is 23.0 Å². The van der Waals surface area contributed by atoms with Crippen molar-refractivity contribution in [1.82, 2.24) is 24.8 Å². The highest BCUT2D eigenvalue weighted by molar-refractivity contribution is 5.90. The third-order valence-electron chi connectivity index (χ3n) is 4.45. The van der Waals surface area contributed by atoms with E-state index in [2.05, 4.69) is 15.4 Å². The van der Waals surface area contributed by atoms with Crippen LogP contribution in [0.3, 0.4) is 0 Å². The van der Waals surface area contributed by atoms with Gasteiger partial charge in [0.05, 0.1) is 30.4 Å². The van der Waals surface area contributed by atoms with Crippen molar-refractivity contribution in [1.29, 1.82) is 0 Å². The first-order chi connectivity index (χ1) is 14.9. The molecule has 2 aromatic heterocycles. The Labute approximate surface area is 174 Å². The molecule has 0 N–H and O–H groups in total. The molecule has 4 rings (SSSR count). The van der Waals surface area contributed by atoms with Gasteiger partial charge in [-0.3, -0.25) is 0 Å². The molecular weight excluding hydrogens is 411 g/mol. The minimum atomic E-state index is -4.80. The highest BCUT2D eigenvalue weighted by atomic mass is 19.4. The number of rotatable bonds is 5. The zero-order chi connectivity index (χ0) is 22.0. The Bertz CT molecular complexity index is 1200. The molecular formula is C21H16F3N5O2. The van der Waals surface area contributed by atoms with Gasteiger partial charge >= 0.3 is 12.1 Å². The molecule has 0 aliphatic carbocycles. The first-order valence-electron chi connectivity index (χ1n) is 9.29. The normalized spacial score (nSPS) is 11.5. The Morgan fingerprint density at radius 3 is 2.39 bits per heavy atom. The number of benzene rings is 2. The smallest absolute Gasteiger partial charge is 0.434 e. The van der Waals surface area contributed by atoms with E-state index in [1.54, 1.807) is 23.0 Å². The predicted molar refractivity (Wildman–Crippen MR) is 105 cm³/mol. The van der Waals surface area contributed by atoms with Gasteiger partial charge < -0.3 is 4.74 Å². The Balaban J connectivity index is 1.66. The molecule has 0 aliphatic heterocycles. The lowest BCUT2D eigenvalue weighted by atomic mass is 10.1. The van der Waals surface area contributed by atoms with E-state index in [-0.39, 0.29) is 12.3 Å². The molecule has 0 fully saturated rings. The number of halogens is 3. The van der Waals surface area contributed by atoms with Crippen LogP contribution < -0.4 is 0 Å². The Morgan fingerprint density at radius 1 is 1.03 bits per heavy atom. The van der Waals surface area contributed by atoms with E-state index in [9.17, 15) is 18.0 Å². The first-order valence-corrected chi connectivity index (χ1v) is 9.29.